The molecule has 0 aliphatic carbocycles. The number of methoxy groups -OCH3 is 1. The van der Waals surface area contributed by atoms with Gasteiger partial charge in [0, 0.05) is 30.9 Å². The lowest BCUT2D eigenvalue weighted by atomic mass is 9.95. The molecular formula is C23H26N4O2. The number of amides is 1. The van der Waals surface area contributed by atoms with Crippen LogP contribution in [0, 0.1) is 12.8 Å². The standard InChI is InChI=1S/C23H26N4O2/c1-16-3-8-21-20(13-16)22(26-15-25-21)27-11-9-18(10-12-27)23(28)24-14-17-4-6-19(29-2)7-5-17/h3-8,13,15,18H,9-12,14H2,1-2H3,(H,24,28). The monoisotopic (exact) mass is 390 g/mol. The van der Waals surface area contributed by atoms with Crippen molar-refractivity contribution in [2.75, 3.05) is 25.1 Å². The van der Waals surface area contributed by atoms with Gasteiger partial charge < -0.3 is 15.0 Å². The largest absolute Gasteiger partial charge is 0.497 e. The summed E-state index contributed by atoms with van der Waals surface area (Å²) in [6.45, 7) is 4.26. The Morgan fingerprint density at radius 2 is 1.90 bits per heavy atom. The van der Waals surface area contributed by atoms with E-state index in [1.807, 2.05) is 30.3 Å². The van der Waals surface area contributed by atoms with Crippen LogP contribution in [0.4, 0.5) is 5.82 Å². The molecule has 4 rings (SSSR count). The van der Waals surface area contributed by atoms with Gasteiger partial charge in [-0.3, -0.25) is 4.79 Å². The van der Waals surface area contributed by atoms with Crippen LogP contribution in [0.1, 0.15) is 24.0 Å². The number of aryl methyl sites for hydroxylation is 1. The molecule has 2 heterocycles. The Hall–Kier alpha value is -3.15. The number of carbonyl (C=O) groups excluding carboxylic acids is 1. The van der Waals surface area contributed by atoms with E-state index in [1.54, 1.807) is 13.4 Å². The fraction of sp³-hybridized carbons (Fsp3) is 0.348. The van der Waals surface area contributed by atoms with E-state index in [4.69, 9.17) is 4.74 Å². The van der Waals surface area contributed by atoms with Crippen molar-refractivity contribution in [1.29, 1.82) is 0 Å². The van der Waals surface area contributed by atoms with E-state index < -0.39 is 0 Å². The van der Waals surface area contributed by atoms with Crippen molar-refractivity contribution in [2.45, 2.75) is 26.3 Å². The van der Waals surface area contributed by atoms with Gasteiger partial charge in [0.25, 0.3) is 0 Å². The highest BCUT2D eigenvalue weighted by Crippen LogP contribution is 2.28. The molecule has 150 valence electrons. The lowest BCUT2D eigenvalue weighted by Crippen LogP contribution is -2.40. The van der Waals surface area contributed by atoms with Gasteiger partial charge in [0.15, 0.2) is 0 Å². The fourth-order valence-corrected chi connectivity index (χ4v) is 3.84. The number of hydrogen-bond acceptors (Lipinski definition) is 5. The molecule has 0 saturated carbocycles. The van der Waals surface area contributed by atoms with Gasteiger partial charge in [0.1, 0.15) is 17.9 Å². The highest BCUT2D eigenvalue weighted by Gasteiger charge is 2.26. The Balaban J connectivity index is 1.35. The molecule has 29 heavy (non-hydrogen) atoms. The number of aromatic nitrogens is 2. The van der Waals surface area contributed by atoms with Crippen molar-refractivity contribution in [3.05, 3.63) is 59.9 Å². The second-order valence-electron chi connectivity index (χ2n) is 7.55. The number of anilines is 1. The molecule has 1 aromatic heterocycles. The number of carbonyl (C=O) groups is 1. The number of ether oxygens (including phenoxy) is 1. The van der Waals surface area contributed by atoms with E-state index >= 15 is 0 Å². The summed E-state index contributed by atoms with van der Waals surface area (Å²) in [7, 11) is 1.65. The Morgan fingerprint density at radius 3 is 2.62 bits per heavy atom. The molecule has 0 bridgehead atoms. The minimum atomic E-state index is 0.0411. The summed E-state index contributed by atoms with van der Waals surface area (Å²) >= 11 is 0. The van der Waals surface area contributed by atoms with Crippen molar-refractivity contribution < 1.29 is 9.53 Å². The summed E-state index contributed by atoms with van der Waals surface area (Å²) in [6, 6.07) is 14.0. The van der Waals surface area contributed by atoms with Crippen LogP contribution >= 0.6 is 0 Å². The predicted molar refractivity (Wildman–Crippen MR) is 114 cm³/mol. The minimum absolute atomic E-state index is 0.0411. The maximum absolute atomic E-state index is 12.6. The van der Waals surface area contributed by atoms with E-state index in [0.29, 0.717) is 6.54 Å². The lowest BCUT2D eigenvalue weighted by Gasteiger charge is -2.32. The summed E-state index contributed by atoms with van der Waals surface area (Å²) in [6.07, 6.45) is 3.28. The van der Waals surface area contributed by atoms with Crippen LogP contribution in [0.2, 0.25) is 0 Å². The van der Waals surface area contributed by atoms with E-state index in [0.717, 1.165) is 54.0 Å². The van der Waals surface area contributed by atoms with Crippen LogP contribution in [-0.2, 0) is 11.3 Å². The molecule has 1 aliphatic heterocycles. The van der Waals surface area contributed by atoms with Crippen molar-refractivity contribution in [3.8, 4) is 5.75 Å². The van der Waals surface area contributed by atoms with Crippen LogP contribution in [-0.4, -0.2) is 36.1 Å². The molecule has 0 atom stereocenters. The number of fused-ring (bicyclic) bond motifs is 1. The van der Waals surface area contributed by atoms with E-state index in [1.165, 1.54) is 5.56 Å². The van der Waals surface area contributed by atoms with Crippen LogP contribution < -0.4 is 15.0 Å². The first-order chi connectivity index (χ1) is 14.1. The zero-order chi connectivity index (χ0) is 20.2. The minimum Gasteiger partial charge on any atom is -0.497 e. The van der Waals surface area contributed by atoms with Crippen molar-refractivity contribution in [2.24, 2.45) is 5.92 Å². The maximum Gasteiger partial charge on any atom is 0.223 e. The molecule has 1 N–H and O–H groups in total. The molecule has 1 saturated heterocycles. The van der Waals surface area contributed by atoms with Gasteiger partial charge in [-0.1, -0.05) is 23.8 Å². The third-order valence-electron chi connectivity index (χ3n) is 5.56. The normalized spacial score (nSPS) is 14.8. The average Bonchev–Trinajstić information content (AvgIpc) is 2.77. The molecule has 3 aromatic rings. The summed E-state index contributed by atoms with van der Waals surface area (Å²) < 4.78 is 5.17. The first kappa shape index (κ1) is 19.2. The summed E-state index contributed by atoms with van der Waals surface area (Å²) in [5, 5.41) is 4.15. The molecule has 6 heteroatoms. The van der Waals surface area contributed by atoms with Gasteiger partial charge in [-0.05, 0) is 49.6 Å². The third-order valence-corrected chi connectivity index (χ3v) is 5.56. The van der Waals surface area contributed by atoms with Gasteiger partial charge in [-0.15, -0.1) is 0 Å². The Kier molecular flexibility index (Phi) is 5.60. The predicted octanol–water partition coefficient (Wildman–Crippen LogP) is 3.48. The Bertz CT molecular complexity index is 995. The molecule has 0 spiro atoms. The molecule has 0 radical (unpaired) electrons. The molecule has 1 aliphatic rings. The Labute approximate surface area is 170 Å². The first-order valence-electron chi connectivity index (χ1n) is 10.0. The van der Waals surface area contributed by atoms with Crippen LogP contribution in [0.3, 0.4) is 0 Å². The maximum atomic E-state index is 12.6. The number of hydrogen-bond donors (Lipinski definition) is 1. The molecule has 1 fully saturated rings. The van der Waals surface area contributed by atoms with Gasteiger partial charge in [0.05, 0.1) is 12.6 Å². The van der Waals surface area contributed by atoms with E-state index in [9.17, 15) is 4.79 Å². The topological polar surface area (TPSA) is 67.3 Å². The third kappa shape index (κ3) is 4.31. The molecule has 2 aromatic carbocycles. The second-order valence-corrected chi connectivity index (χ2v) is 7.55. The summed E-state index contributed by atoms with van der Waals surface area (Å²) in [5.41, 5.74) is 3.22. The molecular weight excluding hydrogens is 364 g/mol. The van der Waals surface area contributed by atoms with Crippen molar-refractivity contribution >= 4 is 22.6 Å². The number of benzene rings is 2. The van der Waals surface area contributed by atoms with Crippen LogP contribution in [0.25, 0.3) is 10.9 Å². The number of nitrogens with one attached hydrogen (secondary N) is 1. The smallest absolute Gasteiger partial charge is 0.223 e. The number of piperidine rings is 1. The van der Waals surface area contributed by atoms with Gasteiger partial charge in [-0.2, -0.15) is 0 Å². The quantitative estimate of drug-likeness (QED) is 0.722. The summed E-state index contributed by atoms with van der Waals surface area (Å²) in [5.74, 6) is 1.96. The first-order valence-corrected chi connectivity index (χ1v) is 10.0. The van der Waals surface area contributed by atoms with E-state index in [2.05, 4.69) is 39.2 Å². The number of nitrogens with zero attached hydrogens (tertiary/aromatic N) is 3. The summed E-state index contributed by atoms with van der Waals surface area (Å²) in [4.78, 5) is 23.8. The fourth-order valence-electron chi connectivity index (χ4n) is 3.84. The van der Waals surface area contributed by atoms with Crippen LogP contribution in [0.15, 0.2) is 48.8 Å². The SMILES string of the molecule is COc1ccc(CNC(=O)C2CCN(c3ncnc4ccc(C)cc34)CC2)cc1. The highest BCUT2D eigenvalue weighted by atomic mass is 16.5. The number of rotatable bonds is 5. The lowest BCUT2D eigenvalue weighted by molar-refractivity contribution is -0.125. The van der Waals surface area contributed by atoms with E-state index in [-0.39, 0.29) is 11.8 Å². The zero-order valence-electron chi connectivity index (χ0n) is 16.9. The average molecular weight is 390 g/mol. The highest BCUT2D eigenvalue weighted by molar-refractivity contribution is 5.90. The van der Waals surface area contributed by atoms with Crippen molar-refractivity contribution in [1.82, 2.24) is 15.3 Å². The van der Waals surface area contributed by atoms with Crippen molar-refractivity contribution in [3.63, 3.8) is 0 Å². The molecule has 1 amide bonds. The molecule has 6 nitrogen and oxygen atoms in total. The van der Waals surface area contributed by atoms with Gasteiger partial charge >= 0.3 is 0 Å². The Morgan fingerprint density at radius 1 is 1.14 bits per heavy atom. The second kappa shape index (κ2) is 8.47. The molecule has 0 unspecified atom stereocenters. The zero-order valence-corrected chi connectivity index (χ0v) is 16.9. The van der Waals surface area contributed by atoms with Crippen LogP contribution in [0.5, 0.6) is 5.75 Å². The van der Waals surface area contributed by atoms with Gasteiger partial charge in [0.2, 0.25) is 5.91 Å². The van der Waals surface area contributed by atoms with Gasteiger partial charge in [-0.25, -0.2) is 9.97 Å².